The first-order valence-electron chi connectivity index (χ1n) is 15.5. The summed E-state index contributed by atoms with van der Waals surface area (Å²) < 4.78 is 23.7. The van der Waals surface area contributed by atoms with E-state index < -0.39 is 14.6 Å². The number of aromatic nitrogens is 2. The number of morpholine rings is 1. The molecule has 1 atom stereocenters. The molecule has 2 aliphatic rings. The fourth-order valence-electron chi connectivity index (χ4n) is 5.36. The molecule has 0 aliphatic carbocycles. The SMILES string of the molecule is COC(OC)c1nc2c(cc1CO[Si](C)(C)C(C)(C)C)CCCN2C(=O)Nc1cc(N2CCOC(CN(C)C)C2)c(C#N)cn1. The second kappa shape index (κ2) is 14.5. The predicted molar refractivity (Wildman–Crippen MR) is 177 cm³/mol. The van der Waals surface area contributed by atoms with E-state index in [-0.39, 0.29) is 17.2 Å². The number of pyridine rings is 2. The molecule has 12 nitrogen and oxygen atoms in total. The molecule has 13 heteroatoms. The third-order valence-electron chi connectivity index (χ3n) is 8.85. The second-order valence-corrected chi connectivity index (χ2v) is 18.3. The van der Waals surface area contributed by atoms with Crippen molar-refractivity contribution in [1.82, 2.24) is 14.9 Å². The summed E-state index contributed by atoms with van der Waals surface area (Å²) in [6.07, 6.45) is 2.38. The van der Waals surface area contributed by atoms with Crippen molar-refractivity contribution >= 4 is 31.7 Å². The van der Waals surface area contributed by atoms with Crippen LogP contribution in [0.5, 0.6) is 0 Å². The Morgan fingerprint density at radius 1 is 1.24 bits per heavy atom. The van der Waals surface area contributed by atoms with Crippen LogP contribution in [0.3, 0.4) is 0 Å². The molecule has 1 unspecified atom stereocenters. The van der Waals surface area contributed by atoms with E-state index in [0.29, 0.717) is 55.7 Å². The molecular formula is C32H49N7O5Si. The molecule has 2 aromatic rings. The molecule has 0 aromatic carbocycles. The Kier molecular flexibility index (Phi) is 11.2. The summed E-state index contributed by atoms with van der Waals surface area (Å²) in [7, 11) is 5.13. The van der Waals surface area contributed by atoms with E-state index in [4.69, 9.17) is 23.6 Å². The molecule has 246 valence electrons. The molecule has 45 heavy (non-hydrogen) atoms. The predicted octanol–water partition coefficient (Wildman–Crippen LogP) is 4.91. The van der Waals surface area contributed by atoms with Gasteiger partial charge in [-0.25, -0.2) is 14.8 Å². The number of nitrogens with zero attached hydrogens (tertiary/aromatic N) is 6. The third-order valence-corrected chi connectivity index (χ3v) is 13.3. The minimum absolute atomic E-state index is 0.0109. The van der Waals surface area contributed by atoms with E-state index in [1.807, 2.05) is 14.1 Å². The molecule has 0 saturated carbocycles. The zero-order chi connectivity index (χ0) is 32.9. The Morgan fingerprint density at radius 3 is 2.62 bits per heavy atom. The van der Waals surface area contributed by atoms with Crippen LogP contribution in [-0.4, -0.2) is 96.4 Å². The number of ether oxygens (including phenoxy) is 3. The fraction of sp³-hybridized carbons (Fsp3) is 0.625. The number of rotatable bonds is 10. The van der Waals surface area contributed by atoms with Gasteiger partial charge >= 0.3 is 6.03 Å². The maximum Gasteiger partial charge on any atom is 0.328 e. The number of aryl methyl sites for hydroxylation is 1. The zero-order valence-corrected chi connectivity index (χ0v) is 29.3. The first-order valence-corrected chi connectivity index (χ1v) is 18.4. The molecule has 0 bridgehead atoms. The molecule has 2 aliphatic heterocycles. The Hall–Kier alpha value is -3.12. The van der Waals surface area contributed by atoms with Crippen LogP contribution in [0.1, 0.15) is 55.9 Å². The Bertz CT molecular complexity index is 1390. The number of nitriles is 1. The van der Waals surface area contributed by atoms with Crippen molar-refractivity contribution in [2.45, 2.75) is 70.7 Å². The van der Waals surface area contributed by atoms with Gasteiger partial charge in [-0.3, -0.25) is 10.2 Å². The van der Waals surface area contributed by atoms with Gasteiger partial charge in [0.1, 0.15) is 23.4 Å². The number of anilines is 3. The van der Waals surface area contributed by atoms with Crippen molar-refractivity contribution in [3.05, 3.63) is 40.7 Å². The maximum absolute atomic E-state index is 13.8. The van der Waals surface area contributed by atoms with Crippen LogP contribution in [0.4, 0.5) is 22.1 Å². The van der Waals surface area contributed by atoms with E-state index in [0.717, 1.165) is 36.2 Å². The Balaban J connectivity index is 1.60. The largest absolute Gasteiger partial charge is 0.412 e. The van der Waals surface area contributed by atoms with Crippen molar-refractivity contribution < 1.29 is 23.4 Å². The lowest BCUT2D eigenvalue weighted by molar-refractivity contribution is -0.109. The minimum Gasteiger partial charge on any atom is -0.412 e. The lowest BCUT2D eigenvalue weighted by Crippen LogP contribution is -2.46. The third kappa shape index (κ3) is 8.19. The number of carbonyl (C=O) groups excluding carboxylic acids is 1. The number of nitrogens with one attached hydrogen (secondary N) is 1. The van der Waals surface area contributed by atoms with Crippen molar-refractivity contribution in [3.8, 4) is 6.07 Å². The summed E-state index contributed by atoms with van der Waals surface area (Å²) in [6, 6.07) is 5.75. The van der Waals surface area contributed by atoms with Gasteiger partial charge in [-0.2, -0.15) is 5.26 Å². The van der Waals surface area contributed by atoms with Crippen LogP contribution in [0.15, 0.2) is 18.3 Å². The van der Waals surface area contributed by atoms with Crippen LogP contribution in [-0.2, 0) is 31.7 Å². The van der Waals surface area contributed by atoms with Gasteiger partial charge in [0.15, 0.2) is 8.32 Å². The first-order chi connectivity index (χ1) is 21.3. The highest BCUT2D eigenvalue weighted by Gasteiger charge is 2.38. The topological polar surface area (TPSA) is 125 Å². The summed E-state index contributed by atoms with van der Waals surface area (Å²) in [5.41, 5.74) is 3.63. The van der Waals surface area contributed by atoms with Crippen molar-refractivity contribution in [2.75, 3.05) is 76.2 Å². The highest BCUT2D eigenvalue weighted by Crippen LogP contribution is 2.38. The highest BCUT2D eigenvalue weighted by molar-refractivity contribution is 6.74. The normalized spacial score (nSPS) is 17.4. The highest BCUT2D eigenvalue weighted by atomic mass is 28.4. The van der Waals surface area contributed by atoms with E-state index in [1.54, 1.807) is 25.2 Å². The van der Waals surface area contributed by atoms with Crippen LogP contribution in [0.2, 0.25) is 18.1 Å². The smallest absolute Gasteiger partial charge is 0.328 e. The Labute approximate surface area is 268 Å². The van der Waals surface area contributed by atoms with Gasteiger partial charge < -0.3 is 28.4 Å². The molecule has 2 aromatic heterocycles. The number of hydrogen-bond donors (Lipinski definition) is 1. The molecule has 2 amide bonds. The molecule has 0 radical (unpaired) electrons. The summed E-state index contributed by atoms with van der Waals surface area (Å²) in [6.45, 7) is 14.6. The number of amides is 2. The van der Waals surface area contributed by atoms with Gasteiger partial charge in [0, 0.05) is 58.2 Å². The standard InChI is InChI=1S/C32H49N7O5Si/c1-32(2,3)45(8,9)44-21-23-15-22-11-10-12-39(29(22)36-28(23)30(41-6)42-7)31(40)35-27-16-26(24(17-33)18-34-27)38-13-14-43-25(20-38)19-37(4)5/h15-16,18,25,30H,10-14,19-21H2,1-9H3,(H,34,35,40). The van der Waals surface area contributed by atoms with Crippen LogP contribution in [0, 0.1) is 11.3 Å². The van der Waals surface area contributed by atoms with E-state index in [1.165, 1.54) is 6.20 Å². The summed E-state index contributed by atoms with van der Waals surface area (Å²) in [4.78, 5) is 29.0. The van der Waals surface area contributed by atoms with Gasteiger partial charge in [0.25, 0.3) is 0 Å². The minimum atomic E-state index is -2.04. The van der Waals surface area contributed by atoms with Gasteiger partial charge in [-0.15, -0.1) is 0 Å². The van der Waals surface area contributed by atoms with Gasteiger partial charge in [0.2, 0.25) is 6.29 Å². The monoisotopic (exact) mass is 639 g/mol. The van der Waals surface area contributed by atoms with E-state index in [9.17, 15) is 10.1 Å². The second-order valence-electron chi connectivity index (χ2n) is 13.5. The molecule has 1 saturated heterocycles. The van der Waals surface area contributed by atoms with Crippen molar-refractivity contribution in [3.63, 3.8) is 0 Å². The van der Waals surface area contributed by atoms with E-state index >= 15 is 0 Å². The summed E-state index contributed by atoms with van der Waals surface area (Å²) in [5.74, 6) is 0.931. The molecule has 4 rings (SSSR count). The maximum atomic E-state index is 13.8. The average molecular weight is 640 g/mol. The number of urea groups is 1. The summed E-state index contributed by atoms with van der Waals surface area (Å²) in [5, 5.41) is 12.8. The zero-order valence-electron chi connectivity index (χ0n) is 28.3. The van der Waals surface area contributed by atoms with Crippen LogP contribution in [0.25, 0.3) is 0 Å². The molecule has 0 spiro atoms. The van der Waals surface area contributed by atoms with Gasteiger partial charge in [-0.1, -0.05) is 20.8 Å². The van der Waals surface area contributed by atoms with E-state index in [2.05, 4.69) is 66.1 Å². The number of likely N-dealkylation sites (N-methyl/N-ethyl adjacent to an activating group) is 1. The number of fused-ring (bicyclic) bond motifs is 1. The number of methoxy groups -OCH3 is 2. The average Bonchev–Trinajstić information content (AvgIpc) is 2.99. The van der Waals surface area contributed by atoms with Crippen LogP contribution >= 0.6 is 0 Å². The number of hydrogen-bond acceptors (Lipinski definition) is 10. The fourth-order valence-corrected chi connectivity index (χ4v) is 6.31. The first kappa shape index (κ1) is 34.7. The quantitative estimate of drug-likeness (QED) is 0.283. The lowest BCUT2D eigenvalue weighted by atomic mass is 10.0. The molecule has 4 heterocycles. The van der Waals surface area contributed by atoms with Crippen molar-refractivity contribution in [1.29, 1.82) is 5.26 Å². The van der Waals surface area contributed by atoms with Gasteiger partial charge in [0.05, 0.1) is 30.6 Å². The summed E-state index contributed by atoms with van der Waals surface area (Å²) >= 11 is 0. The molecule has 1 N–H and O–H groups in total. The molecule has 1 fully saturated rings. The lowest BCUT2D eigenvalue weighted by Gasteiger charge is -2.37. The van der Waals surface area contributed by atoms with Gasteiger partial charge in [-0.05, 0) is 56.7 Å². The number of carbonyl (C=O) groups is 1. The Morgan fingerprint density at radius 2 is 1.98 bits per heavy atom. The molecular weight excluding hydrogens is 590 g/mol. The van der Waals surface area contributed by atoms with Crippen LogP contribution < -0.4 is 15.1 Å². The van der Waals surface area contributed by atoms with Crippen molar-refractivity contribution in [2.24, 2.45) is 0 Å².